The van der Waals surface area contributed by atoms with Crippen LogP contribution in [0.1, 0.15) is 24.1 Å². The highest BCUT2D eigenvalue weighted by atomic mass is 32.1. The molecule has 0 amide bonds. The van der Waals surface area contributed by atoms with E-state index in [0.29, 0.717) is 4.99 Å². The van der Waals surface area contributed by atoms with Crippen molar-refractivity contribution >= 4 is 34.4 Å². The second kappa shape index (κ2) is 5.25. The van der Waals surface area contributed by atoms with Gasteiger partial charge in [0.1, 0.15) is 10.8 Å². The molecule has 0 saturated carbocycles. The van der Waals surface area contributed by atoms with Gasteiger partial charge in [-0.05, 0) is 41.4 Å². The SMILES string of the molecule is CC(Nc1ncccc1C(N)=S)c1ccsc1. The molecule has 1 unspecified atom stereocenters. The molecule has 3 nitrogen and oxygen atoms in total. The third kappa shape index (κ3) is 2.81. The molecule has 5 heteroatoms. The monoisotopic (exact) mass is 263 g/mol. The molecule has 2 aromatic heterocycles. The summed E-state index contributed by atoms with van der Waals surface area (Å²) in [4.78, 5) is 4.63. The Kier molecular flexibility index (Phi) is 3.71. The molecule has 0 fully saturated rings. The predicted octanol–water partition coefficient (Wildman–Crippen LogP) is 2.95. The van der Waals surface area contributed by atoms with Crippen molar-refractivity contribution in [3.8, 4) is 0 Å². The smallest absolute Gasteiger partial charge is 0.136 e. The summed E-state index contributed by atoms with van der Waals surface area (Å²) in [6.45, 7) is 2.08. The summed E-state index contributed by atoms with van der Waals surface area (Å²) in [6, 6.07) is 5.97. The van der Waals surface area contributed by atoms with Crippen LogP contribution < -0.4 is 11.1 Å². The topological polar surface area (TPSA) is 50.9 Å². The van der Waals surface area contributed by atoms with Crippen LogP contribution in [0.3, 0.4) is 0 Å². The fourth-order valence-corrected chi connectivity index (χ4v) is 2.45. The largest absolute Gasteiger partial charge is 0.389 e. The molecule has 2 aromatic rings. The average molecular weight is 263 g/mol. The summed E-state index contributed by atoms with van der Waals surface area (Å²) >= 11 is 6.68. The molecule has 0 aromatic carbocycles. The molecule has 0 bridgehead atoms. The van der Waals surface area contributed by atoms with Crippen molar-refractivity contribution < 1.29 is 0 Å². The second-order valence-electron chi connectivity index (χ2n) is 3.69. The van der Waals surface area contributed by atoms with E-state index in [1.54, 1.807) is 17.5 Å². The van der Waals surface area contributed by atoms with Crippen molar-refractivity contribution in [2.45, 2.75) is 13.0 Å². The summed E-state index contributed by atoms with van der Waals surface area (Å²) in [5.41, 5.74) is 7.68. The summed E-state index contributed by atoms with van der Waals surface area (Å²) < 4.78 is 0. The van der Waals surface area contributed by atoms with Crippen LogP contribution >= 0.6 is 23.6 Å². The Morgan fingerprint density at radius 1 is 1.53 bits per heavy atom. The van der Waals surface area contributed by atoms with Gasteiger partial charge in [0.25, 0.3) is 0 Å². The van der Waals surface area contributed by atoms with Crippen molar-refractivity contribution in [1.29, 1.82) is 0 Å². The van der Waals surface area contributed by atoms with Gasteiger partial charge in [-0.3, -0.25) is 0 Å². The van der Waals surface area contributed by atoms with E-state index in [4.69, 9.17) is 18.0 Å². The number of pyridine rings is 1. The van der Waals surface area contributed by atoms with E-state index in [0.717, 1.165) is 11.4 Å². The van der Waals surface area contributed by atoms with E-state index >= 15 is 0 Å². The normalized spacial score (nSPS) is 12.1. The van der Waals surface area contributed by atoms with E-state index in [2.05, 4.69) is 34.1 Å². The first-order chi connectivity index (χ1) is 8.18. The Hall–Kier alpha value is -1.46. The van der Waals surface area contributed by atoms with E-state index in [1.807, 2.05) is 12.1 Å². The van der Waals surface area contributed by atoms with Gasteiger partial charge in [0.05, 0.1) is 11.6 Å². The van der Waals surface area contributed by atoms with Gasteiger partial charge in [-0.15, -0.1) is 0 Å². The van der Waals surface area contributed by atoms with Gasteiger partial charge in [0, 0.05) is 6.20 Å². The van der Waals surface area contributed by atoms with E-state index in [-0.39, 0.29) is 6.04 Å². The first-order valence-electron chi connectivity index (χ1n) is 5.22. The number of hydrogen-bond donors (Lipinski definition) is 2. The summed E-state index contributed by atoms with van der Waals surface area (Å²) in [5.74, 6) is 0.735. The standard InChI is InChI=1S/C12H13N3S2/c1-8(9-4-6-17-7-9)15-12-10(11(13)16)3-2-5-14-12/h2-8H,1H3,(H2,13,16)(H,14,15). The lowest BCUT2D eigenvalue weighted by Gasteiger charge is -2.15. The lowest BCUT2D eigenvalue weighted by atomic mass is 10.1. The molecule has 0 aliphatic rings. The van der Waals surface area contributed by atoms with Crippen molar-refractivity contribution in [1.82, 2.24) is 4.98 Å². The zero-order valence-corrected chi connectivity index (χ0v) is 11.0. The Morgan fingerprint density at radius 2 is 2.35 bits per heavy atom. The van der Waals surface area contributed by atoms with Crippen LogP contribution in [0.5, 0.6) is 0 Å². The van der Waals surface area contributed by atoms with Crippen molar-refractivity contribution in [2.75, 3.05) is 5.32 Å². The van der Waals surface area contributed by atoms with Crippen LogP contribution in [-0.2, 0) is 0 Å². The van der Waals surface area contributed by atoms with Crippen LogP contribution in [0.25, 0.3) is 0 Å². The number of hydrogen-bond acceptors (Lipinski definition) is 4. The highest BCUT2D eigenvalue weighted by Gasteiger charge is 2.10. The molecule has 1 atom stereocenters. The Morgan fingerprint density at radius 3 is 3.00 bits per heavy atom. The molecular formula is C12H13N3S2. The number of nitrogens with two attached hydrogens (primary N) is 1. The van der Waals surface area contributed by atoms with Gasteiger partial charge >= 0.3 is 0 Å². The van der Waals surface area contributed by atoms with E-state index in [9.17, 15) is 0 Å². The number of rotatable bonds is 4. The van der Waals surface area contributed by atoms with Crippen LogP contribution in [0, 0.1) is 0 Å². The molecule has 0 spiro atoms. The summed E-state index contributed by atoms with van der Waals surface area (Å²) in [7, 11) is 0. The molecule has 17 heavy (non-hydrogen) atoms. The minimum atomic E-state index is 0.184. The van der Waals surface area contributed by atoms with Gasteiger partial charge in [-0.1, -0.05) is 12.2 Å². The predicted molar refractivity (Wildman–Crippen MR) is 76.5 cm³/mol. The second-order valence-corrected chi connectivity index (χ2v) is 4.91. The molecule has 88 valence electrons. The first-order valence-corrected chi connectivity index (χ1v) is 6.57. The molecule has 0 radical (unpaired) electrons. The number of thiocarbonyl (C=S) groups is 1. The van der Waals surface area contributed by atoms with Gasteiger partial charge in [0.2, 0.25) is 0 Å². The summed E-state index contributed by atoms with van der Waals surface area (Å²) in [5, 5.41) is 7.49. The van der Waals surface area contributed by atoms with Crippen LogP contribution in [0.15, 0.2) is 35.2 Å². The fourth-order valence-electron chi connectivity index (χ4n) is 1.53. The van der Waals surface area contributed by atoms with Crippen LogP contribution in [-0.4, -0.2) is 9.97 Å². The van der Waals surface area contributed by atoms with E-state index < -0.39 is 0 Å². The third-order valence-electron chi connectivity index (χ3n) is 2.47. The lowest BCUT2D eigenvalue weighted by molar-refractivity contribution is 0.879. The zero-order valence-electron chi connectivity index (χ0n) is 9.38. The lowest BCUT2D eigenvalue weighted by Crippen LogP contribution is -2.15. The Labute approximate surface area is 110 Å². The van der Waals surface area contributed by atoms with Crippen molar-refractivity contribution in [2.24, 2.45) is 5.73 Å². The highest BCUT2D eigenvalue weighted by molar-refractivity contribution is 7.80. The molecule has 0 saturated heterocycles. The van der Waals surface area contributed by atoms with E-state index in [1.165, 1.54) is 5.56 Å². The Balaban J connectivity index is 2.21. The van der Waals surface area contributed by atoms with Gasteiger partial charge in [-0.25, -0.2) is 4.98 Å². The number of aromatic nitrogens is 1. The maximum Gasteiger partial charge on any atom is 0.136 e. The summed E-state index contributed by atoms with van der Waals surface area (Å²) in [6.07, 6.45) is 1.73. The fraction of sp³-hybridized carbons (Fsp3) is 0.167. The average Bonchev–Trinajstić information content (AvgIpc) is 2.83. The number of thiophene rings is 1. The quantitative estimate of drug-likeness (QED) is 0.833. The number of nitrogens with one attached hydrogen (secondary N) is 1. The van der Waals surface area contributed by atoms with Crippen molar-refractivity contribution in [3.05, 3.63) is 46.3 Å². The molecule has 2 rings (SSSR count). The number of nitrogens with zero attached hydrogens (tertiary/aromatic N) is 1. The molecule has 0 aliphatic carbocycles. The third-order valence-corrected chi connectivity index (χ3v) is 3.39. The van der Waals surface area contributed by atoms with Crippen molar-refractivity contribution in [3.63, 3.8) is 0 Å². The van der Waals surface area contributed by atoms with Crippen LogP contribution in [0.2, 0.25) is 0 Å². The molecular weight excluding hydrogens is 250 g/mol. The van der Waals surface area contributed by atoms with Crippen LogP contribution in [0.4, 0.5) is 5.82 Å². The molecule has 2 heterocycles. The zero-order chi connectivity index (χ0) is 12.3. The number of anilines is 1. The molecule has 0 aliphatic heterocycles. The van der Waals surface area contributed by atoms with Gasteiger partial charge in [-0.2, -0.15) is 11.3 Å². The van der Waals surface area contributed by atoms with Gasteiger partial charge in [0.15, 0.2) is 0 Å². The Bertz CT molecular complexity index is 508. The maximum absolute atomic E-state index is 5.66. The minimum Gasteiger partial charge on any atom is -0.389 e. The van der Waals surface area contributed by atoms with Gasteiger partial charge < -0.3 is 11.1 Å². The minimum absolute atomic E-state index is 0.184. The molecule has 3 N–H and O–H groups in total. The highest BCUT2D eigenvalue weighted by Crippen LogP contribution is 2.22. The first kappa shape index (κ1) is 12.0. The maximum atomic E-state index is 5.66.